The fourth-order valence-electron chi connectivity index (χ4n) is 1.13. The van der Waals surface area contributed by atoms with E-state index in [0.717, 1.165) is 17.9 Å². The molecule has 0 aliphatic carbocycles. The van der Waals surface area contributed by atoms with Gasteiger partial charge in [0, 0.05) is 11.6 Å². The maximum atomic E-state index is 11.6. The van der Waals surface area contributed by atoms with Crippen molar-refractivity contribution in [3.63, 3.8) is 0 Å². The number of methoxy groups -OCH3 is 1. The number of anilines is 1. The first-order valence-corrected chi connectivity index (χ1v) is 5.12. The van der Waals surface area contributed by atoms with Gasteiger partial charge in [0.15, 0.2) is 0 Å². The van der Waals surface area contributed by atoms with E-state index in [9.17, 15) is 4.79 Å². The Bertz CT molecular complexity index is 319. The van der Waals surface area contributed by atoms with Gasteiger partial charge >= 0.3 is 0 Å². The molecule has 0 saturated carbocycles. The van der Waals surface area contributed by atoms with Gasteiger partial charge in [-0.25, -0.2) is 0 Å². The Hall–Kier alpha value is -1.51. The fraction of sp³-hybridized carbons (Fsp3) is 0.417. The number of nitrogens with one attached hydrogen (secondary N) is 1. The fourth-order valence-corrected chi connectivity index (χ4v) is 1.13. The summed E-state index contributed by atoms with van der Waals surface area (Å²) in [4.78, 5) is 11.6. The molecular weight excluding hydrogens is 190 g/mol. The highest BCUT2D eigenvalue weighted by Gasteiger charge is 2.09. The molecule has 1 N–H and O–H groups in total. The summed E-state index contributed by atoms with van der Waals surface area (Å²) < 4.78 is 5.03. The standard InChI is InChI=1S/C12H17NO2/c1-4-9(2)12(14)13-10-5-7-11(15-3)8-6-10/h5-9H,4H2,1-3H3,(H,13,14)/t9-/m0/s1. The van der Waals surface area contributed by atoms with Gasteiger partial charge in [0.2, 0.25) is 5.91 Å². The van der Waals surface area contributed by atoms with Crippen molar-refractivity contribution in [1.82, 2.24) is 0 Å². The Kier molecular flexibility index (Phi) is 4.16. The summed E-state index contributed by atoms with van der Waals surface area (Å²) in [6.07, 6.45) is 0.849. The lowest BCUT2D eigenvalue weighted by atomic mass is 10.1. The predicted molar refractivity (Wildman–Crippen MR) is 61.1 cm³/mol. The monoisotopic (exact) mass is 207 g/mol. The van der Waals surface area contributed by atoms with Gasteiger partial charge in [0.05, 0.1) is 7.11 Å². The summed E-state index contributed by atoms with van der Waals surface area (Å²) in [7, 11) is 1.62. The molecule has 1 rings (SSSR count). The van der Waals surface area contributed by atoms with Crippen LogP contribution in [-0.2, 0) is 4.79 Å². The summed E-state index contributed by atoms with van der Waals surface area (Å²) in [6, 6.07) is 7.32. The number of carbonyl (C=O) groups excluding carboxylic acids is 1. The van der Waals surface area contributed by atoms with Crippen molar-refractivity contribution < 1.29 is 9.53 Å². The van der Waals surface area contributed by atoms with Crippen LogP contribution in [0.1, 0.15) is 20.3 Å². The molecule has 3 heteroatoms. The molecule has 0 bridgehead atoms. The molecule has 0 radical (unpaired) electrons. The van der Waals surface area contributed by atoms with E-state index in [4.69, 9.17) is 4.74 Å². The number of hydrogen-bond donors (Lipinski definition) is 1. The van der Waals surface area contributed by atoms with Crippen LogP contribution >= 0.6 is 0 Å². The van der Waals surface area contributed by atoms with Gasteiger partial charge in [0.25, 0.3) is 0 Å². The Balaban J connectivity index is 2.61. The van der Waals surface area contributed by atoms with Gasteiger partial charge in [-0.05, 0) is 30.7 Å². The van der Waals surface area contributed by atoms with E-state index in [-0.39, 0.29) is 11.8 Å². The molecule has 82 valence electrons. The highest BCUT2D eigenvalue weighted by molar-refractivity contribution is 5.92. The third-order valence-corrected chi connectivity index (χ3v) is 2.42. The molecule has 1 amide bonds. The Labute approximate surface area is 90.4 Å². The zero-order valence-electron chi connectivity index (χ0n) is 9.41. The minimum absolute atomic E-state index is 0.0482. The highest BCUT2D eigenvalue weighted by atomic mass is 16.5. The lowest BCUT2D eigenvalue weighted by Crippen LogP contribution is -2.19. The average Bonchev–Trinajstić information content (AvgIpc) is 2.29. The van der Waals surface area contributed by atoms with Gasteiger partial charge in [-0.2, -0.15) is 0 Å². The van der Waals surface area contributed by atoms with Gasteiger partial charge in [-0.3, -0.25) is 4.79 Å². The van der Waals surface area contributed by atoms with Crippen LogP contribution < -0.4 is 10.1 Å². The summed E-state index contributed by atoms with van der Waals surface area (Å²) in [5.41, 5.74) is 0.807. The van der Waals surface area contributed by atoms with Gasteiger partial charge in [0.1, 0.15) is 5.75 Å². The van der Waals surface area contributed by atoms with E-state index in [0.29, 0.717) is 0 Å². The number of ether oxygens (including phenoxy) is 1. The van der Waals surface area contributed by atoms with Crippen LogP contribution in [0.2, 0.25) is 0 Å². The summed E-state index contributed by atoms with van der Waals surface area (Å²) in [5, 5.41) is 2.85. The number of carbonyl (C=O) groups is 1. The van der Waals surface area contributed by atoms with E-state index in [2.05, 4.69) is 5.32 Å². The molecule has 0 saturated heterocycles. The minimum Gasteiger partial charge on any atom is -0.497 e. The molecule has 0 aliphatic heterocycles. The minimum atomic E-state index is 0.0482. The molecule has 0 unspecified atom stereocenters. The van der Waals surface area contributed by atoms with Crippen molar-refractivity contribution in [3.05, 3.63) is 24.3 Å². The second kappa shape index (κ2) is 5.39. The second-order valence-corrected chi connectivity index (χ2v) is 3.53. The topological polar surface area (TPSA) is 38.3 Å². The zero-order chi connectivity index (χ0) is 11.3. The Morgan fingerprint density at radius 1 is 1.40 bits per heavy atom. The van der Waals surface area contributed by atoms with Gasteiger partial charge in [-0.1, -0.05) is 13.8 Å². The largest absolute Gasteiger partial charge is 0.497 e. The smallest absolute Gasteiger partial charge is 0.227 e. The van der Waals surface area contributed by atoms with Crippen molar-refractivity contribution in [1.29, 1.82) is 0 Å². The molecular formula is C12H17NO2. The normalized spacial score (nSPS) is 11.9. The van der Waals surface area contributed by atoms with Crippen molar-refractivity contribution >= 4 is 11.6 Å². The van der Waals surface area contributed by atoms with E-state index in [1.165, 1.54) is 0 Å². The Morgan fingerprint density at radius 2 is 2.00 bits per heavy atom. The van der Waals surface area contributed by atoms with Crippen LogP contribution in [0.4, 0.5) is 5.69 Å². The van der Waals surface area contributed by atoms with E-state index < -0.39 is 0 Å². The van der Waals surface area contributed by atoms with Crippen LogP contribution in [0.15, 0.2) is 24.3 Å². The van der Waals surface area contributed by atoms with Crippen LogP contribution in [-0.4, -0.2) is 13.0 Å². The van der Waals surface area contributed by atoms with Crippen LogP contribution in [0, 0.1) is 5.92 Å². The molecule has 1 aromatic carbocycles. The van der Waals surface area contributed by atoms with Gasteiger partial charge in [-0.15, -0.1) is 0 Å². The van der Waals surface area contributed by atoms with Crippen LogP contribution in [0.5, 0.6) is 5.75 Å². The first-order valence-electron chi connectivity index (χ1n) is 5.12. The van der Waals surface area contributed by atoms with Crippen molar-refractivity contribution in [3.8, 4) is 5.75 Å². The molecule has 15 heavy (non-hydrogen) atoms. The molecule has 0 aromatic heterocycles. The second-order valence-electron chi connectivity index (χ2n) is 3.53. The first-order chi connectivity index (χ1) is 7.17. The van der Waals surface area contributed by atoms with E-state index in [1.807, 2.05) is 38.1 Å². The predicted octanol–water partition coefficient (Wildman–Crippen LogP) is 2.68. The zero-order valence-corrected chi connectivity index (χ0v) is 9.41. The molecule has 0 fully saturated rings. The summed E-state index contributed by atoms with van der Waals surface area (Å²) >= 11 is 0. The molecule has 0 heterocycles. The van der Waals surface area contributed by atoms with E-state index in [1.54, 1.807) is 7.11 Å². The highest BCUT2D eigenvalue weighted by Crippen LogP contribution is 2.16. The molecule has 1 atom stereocenters. The average molecular weight is 207 g/mol. The SMILES string of the molecule is CC[C@H](C)C(=O)Nc1ccc(OC)cc1. The maximum Gasteiger partial charge on any atom is 0.227 e. The van der Waals surface area contributed by atoms with Crippen molar-refractivity contribution in [2.45, 2.75) is 20.3 Å². The van der Waals surface area contributed by atoms with Crippen LogP contribution in [0.25, 0.3) is 0 Å². The number of benzene rings is 1. The molecule has 0 aliphatic rings. The van der Waals surface area contributed by atoms with E-state index >= 15 is 0 Å². The quantitative estimate of drug-likeness (QED) is 0.824. The maximum absolute atomic E-state index is 11.6. The third-order valence-electron chi connectivity index (χ3n) is 2.42. The Morgan fingerprint density at radius 3 is 2.47 bits per heavy atom. The van der Waals surface area contributed by atoms with Gasteiger partial charge < -0.3 is 10.1 Å². The molecule has 3 nitrogen and oxygen atoms in total. The summed E-state index contributed by atoms with van der Waals surface area (Å²) in [6.45, 7) is 3.91. The van der Waals surface area contributed by atoms with Crippen LogP contribution in [0.3, 0.4) is 0 Å². The molecule has 1 aromatic rings. The third kappa shape index (κ3) is 3.27. The van der Waals surface area contributed by atoms with Crippen molar-refractivity contribution in [2.75, 3.05) is 12.4 Å². The lowest BCUT2D eigenvalue weighted by molar-refractivity contribution is -0.119. The number of amides is 1. The number of hydrogen-bond acceptors (Lipinski definition) is 2. The first kappa shape index (κ1) is 11.6. The van der Waals surface area contributed by atoms with Crippen molar-refractivity contribution in [2.24, 2.45) is 5.92 Å². The summed E-state index contributed by atoms with van der Waals surface area (Å²) in [5.74, 6) is 0.895. The molecule has 0 spiro atoms. The lowest BCUT2D eigenvalue weighted by Gasteiger charge is -2.10. The number of rotatable bonds is 4.